The SMILES string of the molecule is COc1ccccc1CC(=O)N1CC2C(=O)CCC(C)(c3ccccc3)C2C1. The van der Waals surface area contributed by atoms with Gasteiger partial charge in [0, 0.05) is 31.0 Å². The van der Waals surface area contributed by atoms with E-state index in [9.17, 15) is 9.59 Å². The van der Waals surface area contributed by atoms with Gasteiger partial charge in [-0.2, -0.15) is 0 Å². The zero-order valence-corrected chi connectivity index (χ0v) is 16.6. The molecule has 3 unspecified atom stereocenters. The second-order valence-corrected chi connectivity index (χ2v) is 8.25. The van der Waals surface area contributed by atoms with Gasteiger partial charge in [-0.3, -0.25) is 9.59 Å². The van der Waals surface area contributed by atoms with E-state index in [1.54, 1.807) is 7.11 Å². The van der Waals surface area contributed by atoms with E-state index in [1.807, 2.05) is 35.2 Å². The molecular formula is C24H27NO3. The van der Waals surface area contributed by atoms with E-state index in [0.717, 1.165) is 17.7 Å². The predicted octanol–water partition coefficient (Wildman–Crippen LogP) is 3.63. The second kappa shape index (κ2) is 7.42. The van der Waals surface area contributed by atoms with Crippen LogP contribution in [0.1, 0.15) is 30.9 Å². The average molecular weight is 377 g/mol. The summed E-state index contributed by atoms with van der Waals surface area (Å²) in [7, 11) is 1.62. The monoisotopic (exact) mass is 377 g/mol. The molecule has 0 spiro atoms. The van der Waals surface area contributed by atoms with E-state index in [0.29, 0.717) is 31.7 Å². The number of carbonyl (C=O) groups excluding carboxylic acids is 2. The highest BCUT2D eigenvalue weighted by molar-refractivity contribution is 5.86. The van der Waals surface area contributed by atoms with Crippen molar-refractivity contribution in [2.45, 2.75) is 31.6 Å². The Hall–Kier alpha value is -2.62. The summed E-state index contributed by atoms with van der Waals surface area (Å²) in [5, 5.41) is 0. The minimum absolute atomic E-state index is 0.0550. The first-order valence-electron chi connectivity index (χ1n) is 10.0. The number of para-hydroxylation sites is 1. The van der Waals surface area contributed by atoms with Gasteiger partial charge in [0.15, 0.2) is 0 Å². The maximum Gasteiger partial charge on any atom is 0.227 e. The number of methoxy groups -OCH3 is 1. The summed E-state index contributed by atoms with van der Waals surface area (Å²) in [6.45, 7) is 3.45. The lowest BCUT2D eigenvalue weighted by molar-refractivity contribution is -0.129. The molecule has 1 heterocycles. The van der Waals surface area contributed by atoms with Crippen LogP contribution < -0.4 is 4.74 Å². The third-order valence-corrected chi connectivity index (χ3v) is 6.76. The van der Waals surface area contributed by atoms with Crippen molar-refractivity contribution in [3.05, 3.63) is 65.7 Å². The van der Waals surface area contributed by atoms with Crippen molar-refractivity contribution < 1.29 is 14.3 Å². The number of hydrogen-bond donors (Lipinski definition) is 0. The van der Waals surface area contributed by atoms with E-state index in [4.69, 9.17) is 4.74 Å². The van der Waals surface area contributed by atoms with Crippen LogP contribution in [-0.2, 0) is 21.4 Å². The Balaban J connectivity index is 1.56. The standard InChI is InChI=1S/C24H27NO3/c1-24(18-9-4-3-5-10-18)13-12-21(26)19-15-25(16-20(19)24)23(27)14-17-8-6-7-11-22(17)28-2/h3-11,19-20H,12-16H2,1-2H3. The molecule has 2 fully saturated rings. The first-order valence-corrected chi connectivity index (χ1v) is 10.0. The van der Waals surface area contributed by atoms with Crippen LogP contribution in [0.2, 0.25) is 0 Å². The molecular weight excluding hydrogens is 350 g/mol. The molecule has 2 aromatic rings. The molecule has 2 aliphatic rings. The van der Waals surface area contributed by atoms with Crippen LogP contribution in [0, 0.1) is 11.8 Å². The summed E-state index contributed by atoms with van der Waals surface area (Å²) in [6, 6.07) is 18.1. The Labute approximate surface area is 166 Å². The van der Waals surface area contributed by atoms with Crippen LogP contribution in [0.25, 0.3) is 0 Å². The number of amides is 1. The van der Waals surface area contributed by atoms with Gasteiger partial charge in [-0.05, 0) is 29.4 Å². The fourth-order valence-corrected chi connectivity index (χ4v) is 5.03. The largest absolute Gasteiger partial charge is 0.496 e. The van der Waals surface area contributed by atoms with Crippen molar-refractivity contribution in [2.24, 2.45) is 11.8 Å². The molecule has 0 aromatic heterocycles. The van der Waals surface area contributed by atoms with Gasteiger partial charge >= 0.3 is 0 Å². The third-order valence-electron chi connectivity index (χ3n) is 6.76. The van der Waals surface area contributed by atoms with Crippen LogP contribution in [0.5, 0.6) is 5.75 Å². The molecule has 1 aliphatic carbocycles. The number of carbonyl (C=O) groups is 2. The summed E-state index contributed by atoms with van der Waals surface area (Å²) in [6.07, 6.45) is 1.76. The topological polar surface area (TPSA) is 46.6 Å². The average Bonchev–Trinajstić information content (AvgIpc) is 3.19. The molecule has 0 radical (unpaired) electrons. The minimum atomic E-state index is -0.0701. The molecule has 1 saturated heterocycles. The van der Waals surface area contributed by atoms with E-state index < -0.39 is 0 Å². The number of ketones is 1. The summed E-state index contributed by atoms with van der Waals surface area (Å²) in [5.41, 5.74) is 2.10. The molecule has 0 bridgehead atoms. The normalized spacial score (nSPS) is 26.8. The minimum Gasteiger partial charge on any atom is -0.496 e. The molecule has 146 valence electrons. The Bertz CT molecular complexity index is 878. The summed E-state index contributed by atoms with van der Waals surface area (Å²) in [5.74, 6) is 1.24. The van der Waals surface area contributed by atoms with Gasteiger partial charge in [0.25, 0.3) is 0 Å². The lowest BCUT2D eigenvalue weighted by atomic mass is 9.60. The Morgan fingerprint density at radius 2 is 1.82 bits per heavy atom. The van der Waals surface area contributed by atoms with Crippen LogP contribution in [0.4, 0.5) is 0 Å². The van der Waals surface area contributed by atoms with Crippen LogP contribution in [0.15, 0.2) is 54.6 Å². The van der Waals surface area contributed by atoms with E-state index in [2.05, 4.69) is 31.2 Å². The van der Waals surface area contributed by atoms with E-state index in [1.165, 1.54) is 5.56 Å². The molecule has 0 N–H and O–H groups in total. The Kier molecular flexibility index (Phi) is 4.96. The van der Waals surface area contributed by atoms with Crippen molar-refractivity contribution in [3.63, 3.8) is 0 Å². The van der Waals surface area contributed by atoms with Gasteiger partial charge in [-0.25, -0.2) is 0 Å². The predicted molar refractivity (Wildman–Crippen MR) is 108 cm³/mol. The number of benzene rings is 2. The van der Waals surface area contributed by atoms with Crippen molar-refractivity contribution in [1.29, 1.82) is 0 Å². The molecule has 4 heteroatoms. The highest BCUT2D eigenvalue weighted by Gasteiger charge is 2.52. The molecule has 4 nitrogen and oxygen atoms in total. The van der Waals surface area contributed by atoms with Gasteiger partial charge < -0.3 is 9.64 Å². The number of Topliss-reactive ketones (excluding diaryl/α,β-unsaturated/α-hetero) is 1. The van der Waals surface area contributed by atoms with Crippen molar-refractivity contribution in [2.75, 3.05) is 20.2 Å². The molecule has 2 aromatic carbocycles. The van der Waals surface area contributed by atoms with Gasteiger partial charge in [0.05, 0.1) is 13.5 Å². The zero-order chi connectivity index (χ0) is 19.7. The van der Waals surface area contributed by atoms with Crippen molar-refractivity contribution in [1.82, 2.24) is 4.90 Å². The summed E-state index contributed by atoms with van der Waals surface area (Å²) >= 11 is 0. The molecule has 1 aliphatic heterocycles. The van der Waals surface area contributed by atoms with Crippen molar-refractivity contribution >= 4 is 11.7 Å². The third kappa shape index (κ3) is 3.21. The highest BCUT2D eigenvalue weighted by Crippen LogP contribution is 2.48. The van der Waals surface area contributed by atoms with Crippen LogP contribution >= 0.6 is 0 Å². The lowest BCUT2D eigenvalue weighted by Gasteiger charge is -2.42. The van der Waals surface area contributed by atoms with Gasteiger partial charge in [0.2, 0.25) is 5.91 Å². The first kappa shape index (κ1) is 18.7. The quantitative estimate of drug-likeness (QED) is 0.817. The molecule has 28 heavy (non-hydrogen) atoms. The Morgan fingerprint density at radius 3 is 2.57 bits per heavy atom. The van der Waals surface area contributed by atoms with Crippen LogP contribution in [-0.4, -0.2) is 36.8 Å². The molecule has 3 atom stereocenters. The number of likely N-dealkylation sites (tertiary alicyclic amines) is 1. The van der Waals surface area contributed by atoms with Crippen molar-refractivity contribution in [3.8, 4) is 5.75 Å². The molecule has 4 rings (SSSR count). The first-order chi connectivity index (χ1) is 13.5. The Morgan fingerprint density at radius 1 is 1.11 bits per heavy atom. The number of fused-ring (bicyclic) bond motifs is 1. The maximum atomic E-state index is 13.0. The van der Waals surface area contributed by atoms with Gasteiger partial charge in [0.1, 0.15) is 11.5 Å². The van der Waals surface area contributed by atoms with E-state index in [-0.39, 0.29) is 23.2 Å². The number of nitrogens with zero attached hydrogens (tertiary/aromatic N) is 1. The highest BCUT2D eigenvalue weighted by atomic mass is 16.5. The van der Waals surface area contributed by atoms with Gasteiger partial charge in [-0.1, -0.05) is 55.5 Å². The number of rotatable bonds is 4. The smallest absolute Gasteiger partial charge is 0.227 e. The zero-order valence-electron chi connectivity index (χ0n) is 16.6. The summed E-state index contributed by atoms with van der Waals surface area (Å²) < 4.78 is 5.39. The fraction of sp³-hybridized carbons (Fsp3) is 0.417. The molecule has 1 saturated carbocycles. The van der Waals surface area contributed by atoms with Gasteiger partial charge in [-0.15, -0.1) is 0 Å². The fourth-order valence-electron chi connectivity index (χ4n) is 5.03. The number of hydrogen-bond acceptors (Lipinski definition) is 3. The second-order valence-electron chi connectivity index (χ2n) is 8.25. The summed E-state index contributed by atoms with van der Waals surface area (Å²) in [4.78, 5) is 27.6. The molecule has 1 amide bonds. The lowest BCUT2D eigenvalue weighted by Crippen LogP contribution is -2.44. The van der Waals surface area contributed by atoms with E-state index >= 15 is 0 Å². The maximum absolute atomic E-state index is 13.0. The number of ether oxygens (including phenoxy) is 1. The van der Waals surface area contributed by atoms with Crippen LogP contribution in [0.3, 0.4) is 0 Å².